The van der Waals surface area contributed by atoms with Crippen LogP contribution in [0.5, 0.6) is 0 Å². The SMILES string of the molecule is CC1CCCN(c2ccc(N)cc2S(=O)(=O)N(C)C)C1. The third-order valence-electron chi connectivity index (χ3n) is 3.74. The van der Waals surface area contributed by atoms with Crippen LogP contribution in [0.1, 0.15) is 19.8 Å². The zero-order valence-corrected chi connectivity index (χ0v) is 13.2. The van der Waals surface area contributed by atoms with E-state index in [2.05, 4.69) is 11.8 Å². The maximum Gasteiger partial charge on any atom is 0.244 e. The van der Waals surface area contributed by atoms with Gasteiger partial charge in [0, 0.05) is 32.9 Å². The Bertz CT molecular complexity index is 584. The third-order valence-corrected chi connectivity index (χ3v) is 5.58. The normalized spacial score (nSPS) is 20.4. The van der Waals surface area contributed by atoms with Gasteiger partial charge in [-0.05, 0) is 37.0 Å². The third kappa shape index (κ3) is 2.91. The van der Waals surface area contributed by atoms with Crippen molar-refractivity contribution in [2.75, 3.05) is 37.8 Å². The van der Waals surface area contributed by atoms with E-state index >= 15 is 0 Å². The molecule has 1 heterocycles. The molecule has 2 N–H and O–H groups in total. The highest BCUT2D eigenvalue weighted by Crippen LogP contribution is 2.32. The van der Waals surface area contributed by atoms with E-state index in [1.165, 1.54) is 10.7 Å². The van der Waals surface area contributed by atoms with Crippen molar-refractivity contribution >= 4 is 21.4 Å². The molecule has 1 atom stereocenters. The fraction of sp³-hybridized carbons (Fsp3) is 0.571. The van der Waals surface area contributed by atoms with Crippen LogP contribution < -0.4 is 10.6 Å². The summed E-state index contributed by atoms with van der Waals surface area (Å²) in [4.78, 5) is 2.46. The van der Waals surface area contributed by atoms with Crippen LogP contribution in [0.3, 0.4) is 0 Å². The Morgan fingerprint density at radius 3 is 2.65 bits per heavy atom. The van der Waals surface area contributed by atoms with Crippen molar-refractivity contribution in [2.24, 2.45) is 5.92 Å². The molecule has 1 aliphatic heterocycles. The molecular weight excluding hydrogens is 274 g/mol. The van der Waals surface area contributed by atoms with E-state index in [1.807, 2.05) is 6.07 Å². The Morgan fingerprint density at radius 1 is 1.35 bits per heavy atom. The monoisotopic (exact) mass is 297 g/mol. The summed E-state index contributed by atoms with van der Waals surface area (Å²) in [7, 11) is -0.400. The van der Waals surface area contributed by atoms with Crippen LogP contribution in [0.15, 0.2) is 23.1 Å². The lowest BCUT2D eigenvalue weighted by Gasteiger charge is -2.34. The maximum atomic E-state index is 12.5. The van der Waals surface area contributed by atoms with Gasteiger partial charge in [-0.2, -0.15) is 0 Å². The molecule has 1 aromatic carbocycles. The first-order valence-electron chi connectivity index (χ1n) is 6.89. The molecule has 0 radical (unpaired) electrons. The molecule has 0 amide bonds. The highest BCUT2D eigenvalue weighted by atomic mass is 32.2. The van der Waals surface area contributed by atoms with Gasteiger partial charge in [-0.15, -0.1) is 0 Å². The van der Waals surface area contributed by atoms with Crippen LogP contribution in [0.2, 0.25) is 0 Å². The molecular formula is C14H23N3O2S. The summed E-state index contributed by atoms with van der Waals surface area (Å²) in [6.45, 7) is 3.98. The van der Waals surface area contributed by atoms with Crippen LogP contribution >= 0.6 is 0 Å². The maximum absolute atomic E-state index is 12.5. The number of hydrogen-bond acceptors (Lipinski definition) is 4. The van der Waals surface area contributed by atoms with Crippen LogP contribution in [0.25, 0.3) is 0 Å². The van der Waals surface area contributed by atoms with E-state index in [4.69, 9.17) is 5.73 Å². The highest BCUT2D eigenvalue weighted by molar-refractivity contribution is 7.89. The van der Waals surface area contributed by atoms with E-state index in [0.717, 1.165) is 25.2 Å². The van der Waals surface area contributed by atoms with E-state index in [1.54, 1.807) is 26.2 Å². The molecule has 0 aliphatic carbocycles. The van der Waals surface area contributed by atoms with Crippen LogP contribution in [0, 0.1) is 5.92 Å². The Hall–Kier alpha value is -1.27. The van der Waals surface area contributed by atoms with Crippen molar-refractivity contribution in [2.45, 2.75) is 24.7 Å². The molecule has 1 aliphatic rings. The van der Waals surface area contributed by atoms with Crippen molar-refractivity contribution in [1.82, 2.24) is 4.31 Å². The number of piperidine rings is 1. The molecule has 1 saturated heterocycles. The summed E-state index contributed by atoms with van der Waals surface area (Å²) >= 11 is 0. The van der Waals surface area contributed by atoms with Gasteiger partial charge < -0.3 is 10.6 Å². The predicted octanol–water partition coefficient (Wildman–Crippen LogP) is 1.76. The average molecular weight is 297 g/mol. The molecule has 112 valence electrons. The van der Waals surface area contributed by atoms with Gasteiger partial charge in [-0.3, -0.25) is 0 Å². The van der Waals surface area contributed by atoms with Crippen molar-refractivity contribution in [3.8, 4) is 0 Å². The fourth-order valence-electron chi connectivity index (χ4n) is 2.60. The Labute approximate surface area is 121 Å². The largest absolute Gasteiger partial charge is 0.399 e. The first-order chi connectivity index (χ1) is 9.32. The molecule has 6 heteroatoms. The zero-order chi connectivity index (χ0) is 14.9. The number of nitrogens with zero attached hydrogens (tertiary/aromatic N) is 2. The summed E-state index contributed by atoms with van der Waals surface area (Å²) in [6, 6.07) is 5.15. The lowest BCUT2D eigenvalue weighted by molar-refractivity contribution is 0.444. The van der Waals surface area contributed by atoms with Crippen LogP contribution in [-0.2, 0) is 10.0 Å². The predicted molar refractivity (Wildman–Crippen MR) is 82.3 cm³/mol. The number of nitrogens with two attached hydrogens (primary N) is 1. The molecule has 1 fully saturated rings. The molecule has 0 aromatic heterocycles. The van der Waals surface area contributed by atoms with Gasteiger partial charge in [0.2, 0.25) is 10.0 Å². The summed E-state index contributed by atoms with van der Waals surface area (Å²) in [5.74, 6) is 0.580. The first-order valence-corrected chi connectivity index (χ1v) is 8.33. The smallest absolute Gasteiger partial charge is 0.244 e. The summed E-state index contributed by atoms with van der Waals surface area (Å²) in [5, 5.41) is 0. The number of hydrogen-bond donors (Lipinski definition) is 1. The van der Waals surface area contributed by atoms with Crippen molar-refractivity contribution < 1.29 is 8.42 Å². The average Bonchev–Trinajstić information content (AvgIpc) is 2.38. The number of rotatable bonds is 3. The number of benzene rings is 1. The molecule has 20 heavy (non-hydrogen) atoms. The van der Waals surface area contributed by atoms with Gasteiger partial charge in [-0.1, -0.05) is 6.92 Å². The second-order valence-electron chi connectivity index (χ2n) is 5.71. The van der Waals surface area contributed by atoms with Crippen molar-refractivity contribution in [3.63, 3.8) is 0 Å². The minimum Gasteiger partial charge on any atom is -0.399 e. The second-order valence-corrected chi connectivity index (χ2v) is 7.83. The molecule has 0 saturated carbocycles. The van der Waals surface area contributed by atoms with Gasteiger partial charge >= 0.3 is 0 Å². The Balaban J connectivity index is 2.48. The van der Waals surface area contributed by atoms with Gasteiger partial charge in [-0.25, -0.2) is 12.7 Å². The van der Waals surface area contributed by atoms with Gasteiger partial charge in [0.15, 0.2) is 0 Å². The number of sulfonamides is 1. The van der Waals surface area contributed by atoms with Crippen LogP contribution in [-0.4, -0.2) is 39.9 Å². The van der Waals surface area contributed by atoms with Crippen LogP contribution in [0.4, 0.5) is 11.4 Å². The Kier molecular flexibility index (Phi) is 4.25. The second kappa shape index (κ2) is 5.61. The topological polar surface area (TPSA) is 66.6 Å². The summed E-state index contributed by atoms with van der Waals surface area (Å²) in [6.07, 6.45) is 2.29. The highest BCUT2D eigenvalue weighted by Gasteiger charge is 2.26. The summed E-state index contributed by atoms with van der Waals surface area (Å²) < 4.78 is 26.2. The van der Waals surface area contributed by atoms with Crippen molar-refractivity contribution in [1.29, 1.82) is 0 Å². The quantitative estimate of drug-likeness (QED) is 0.863. The van der Waals surface area contributed by atoms with Gasteiger partial charge in [0.25, 0.3) is 0 Å². The number of nitrogen functional groups attached to an aromatic ring is 1. The molecule has 1 unspecified atom stereocenters. The van der Waals surface area contributed by atoms with Gasteiger partial charge in [0.05, 0.1) is 5.69 Å². The van der Waals surface area contributed by atoms with E-state index in [-0.39, 0.29) is 0 Å². The first kappa shape index (κ1) is 15.1. The molecule has 0 bridgehead atoms. The lowest BCUT2D eigenvalue weighted by atomic mass is 10.00. The lowest BCUT2D eigenvalue weighted by Crippen LogP contribution is -2.36. The zero-order valence-electron chi connectivity index (χ0n) is 12.3. The molecule has 2 rings (SSSR count). The fourth-order valence-corrected chi connectivity index (χ4v) is 3.74. The summed E-state index contributed by atoms with van der Waals surface area (Å²) in [5.41, 5.74) is 7.01. The standard InChI is InChI=1S/C14H23N3O2S/c1-11-5-4-8-17(10-11)13-7-6-12(15)9-14(13)20(18,19)16(2)3/h6-7,9,11H,4-5,8,10,15H2,1-3H3. The van der Waals surface area contributed by atoms with E-state index in [0.29, 0.717) is 16.5 Å². The minimum absolute atomic E-state index is 0.302. The minimum atomic E-state index is -3.49. The van der Waals surface area contributed by atoms with Crippen molar-refractivity contribution in [3.05, 3.63) is 18.2 Å². The molecule has 0 spiro atoms. The molecule has 5 nitrogen and oxygen atoms in total. The van der Waals surface area contributed by atoms with E-state index < -0.39 is 10.0 Å². The van der Waals surface area contributed by atoms with E-state index in [9.17, 15) is 8.42 Å². The molecule has 1 aromatic rings. The number of anilines is 2. The Morgan fingerprint density at radius 2 is 2.05 bits per heavy atom. The van der Waals surface area contributed by atoms with Gasteiger partial charge in [0.1, 0.15) is 4.90 Å².